The van der Waals surface area contributed by atoms with Crippen LogP contribution in [0.1, 0.15) is 66.2 Å². The van der Waals surface area contributed by atoms with E-state index in [2.05, 4.69) is 147 Å². The van der Waals surface area contributed by atoms with E-state index in [-0.39, 0.29) is 17.5 Å². The Morgan fingerprint density at radius 3 is 2.12 bits per heavy atom. The minimum absolute atomic E-state index is 0.0564. The maximum atomic E-state index is 8.68. The number of nitrogens with zero attached hydrogens (tertiary/aromatic N) is 3. The van der Waals surface area contributed by atoms with Crippen molar-refractivity contribution < 1.29 is 13.1 Å². The molecule has 0 aliphatic rings. The number of rotatable bonds is 5. The molecule has 250 valence electrons. The molecule has 3 aromatic heterocycles. The van der Waals surface area contributed by atoms with Gasteiger partial charge in [0.2, 0.25) is 0 Å². The van der Waals surface area contributed by atoms with E-state index in [4.69, 9.17) is 13.5 Å². The molecule has 0 bridgehead atoms. The molecule has 0 saturated carbocycles. The fourth-order valence-corrected chi connectivity index (χ4v) is 8.15. The van der Waals surface area contributed by atoms with Crippen LogP contribution in [0.4, 0.5) is 0 Å². The van der Waals surface area contributed by atoms with Crippen LogP contribution >= 0.6 is 0 Å². The lowest BCUT2D eigenvalue weighted by molar-refractivity contribution is -0.633. The largest absolute Gasteiger partial charge is 0.455 e. The third-order valence-electron chi connectivity index (χ3n) is 10.6. The Bertz CT molecular complexity index is 2920. The minimum Gasteiger partial charge on any atom is -0.455 e. The molecule has 0 radical (unpaired) electrons. The second-order valence-corrected chi connectivity index (χ2v) is 14.5. The van der Waals surface area contributed by atoms with E-state index < -0.39 is 6.85 Å². The van der Waals surface area contributed by atoms with Crippen LogP contribution in [-0.4, -0.2) is 9.55 Å². The van der Waals surface area contributed by atoms with Crippen molar-refractivity contribution in [1.82, 2.24) is 9.55 Å². The zero-order chi connectivity index (χ0) is 37.6. The fraction of sp³-hybridized carbons (Fsp3) is 0.191. The molecule has 4 heteroatoms. The molecule has 0 saturated heterocycles. The van der Waals surface area contributed by atoms with Crippen molar-refractivity contribution in [2.24, 2.45) is 7.05 Å². The van der Waals surface area contributed by atoms with Crippen LogP contribution in [0.25, 0.3) is 82.7 Å². The number of hydrogen-bond acceptors (Lipinski definition) is 2. The molecule has 9 aromatic rings. The molecule has 0 fully saturated rings. The predicted octanol–water partition coefficient (Wildman–Crippen LogP) is 12.3. The van der Waals surface area contributed by atoms with Crippen molar-refractivity contribution in [1.29, 1.82) is 0 Å². The van der Waals surface area contributed by atoms with Gasteiger partial charge in [-0.1, -0.05) is 107 Å². The quantitative estimate of drug-likeness (QED) is 0.135. The molecule has 0 N–H and O–H groups in total. The molecule has 0 atom stereocenters. The van der Waals surface area contributed by atoms with E-state index in [1.807, 2.05) is 19.1 Å². The number of hydrogen-bond donors (Lipinski definition) is 0. The smallest absolute Gasteiger partial charge is 0.300 e. The Morgan fingerprint density at radius 2 is 1.37 bits per heavy atom. The Hall–Kier alpha value is -5.74. The molecule has 0 spiro atoms. The SMILES string of the molecule is [2H]C([2H])([2H])c1nc(C)c(-c2n(-c3c(C(C)C)cc(-c4ccccc4)cc3C(C)C)c3ccccc3[n+]2C)c2oc3cc4c(ccc5ccccc54)cc3c12. The highest BCUT2D eigenvalue weighted by atomic mass is 16.3. The van der Waals surface area contributed by atoms with Crippen LogP contribution in [0.2, 0.25) is 0 Å². The zero-order valence-electron chi connectivity index (χ0n) is 32.9. The van der Waals surface area contributed by atoms with Gasteiger partial charge in [-0.25, -0.2) is 4.57 Å². The number of imidazole rings is 1. The number of pyridine rings is 1. The van der Waals surface area contributed by atoms with E-state index in [9.17, 15) is 0 Å². The van der Waals surface area contributed by atoms with Crippen molar-refractivity contribution in [2.75, 3.05) is 0 Å². The molecule has 6 aromatic carbocycles. The van der Waals surface area contributed by atoms with E-state index in [1.54, 1.807) is 0 Å². The van der Waals surface area contributed by atoms with Gasteiger partial charge in [0.25, 0.3) is 0 Å². The normalized spacial score (nSPS) is 13.3. The molecule has 0 amide bonds. The molecule has 0 unspecified atom stereocenters. The van der Waals surface area contributed by atoms with E-state index >= 15 is 0 Å². The summed E-state index contributed by atoms with van der Waals surface area (Å²) in [6.07, 6.45) is 0. The van der Waals surface area contributed by atoms with Crippen LogP contribution in [0.3, 0.4) is 0 Å². The lowest BCUT2D eigenvalue weighted by Crippen LogP contribution is -2.31. The average Bonchev–Trinajstić information content (AvgIpc) is 3.67. The standard InChI is InChI=1S/C47H42N3O/c1-27(2)36-24-34(31-15-9-8-10-16-31)25-37(28(3)4)45(36)50-41-20-14-13-19-40(41)49(7)47(50)44-30(6)48-29(5)43-39-23-33-22-21-32-17-11-12-18-35(32)38(33)26-42(39)51-46(43)44/h8-28H,1-7H3/q+1/i5D3. The second kappa shape index (κ2) is 11.7. The lowest BCUT2D eigenvalue weighted by Gasteiger charge is -2.21. The van der Waals surface area contributed by atoms with Crippen molar-refractivity contribution in [3.05, 3.63) is 138 Å². The van der Waals surface area contributed by atoms with Crippen LogP contribution < -0.4 is 4.57 Å². The maximum absolute atomic E-state index is 8.68. The van der Waals surface area contributed by atoms with Gasteiger partial charge in [-0.2, -0.15) is 4.57 Å². The lowest BCUT2D eigenvalue weighted by atomic mass is 9.88. The van der Waals surface area contributed by atoms with Crippen LogP contribution in [0.5, 0.6) is 0 Å². The summed E-state index contributed by atoms with van der Waals surface area (Å²) in [4.78, 5) is 4.97. The molecular formula is C47H42N3O+. The number of aryl methyl sites for hydroxylation is 3. The van der Waals surface area contributed by atoms with Gasteiger partial charge in [0.1, 0.15) is 16.8 Å². The summed E-state index contributed by atoms with van der Waals surface area (Å²) in [5.74, 6) is 1.28. The minimum atomic E-state index is -2.46. The third-order valence-corrected chi connectivity index (χ3v) is 10.6. The molecule has 3 heterocycles. The molecule has 9 rings (SSSR count). The first-order valence-electron chi connectivity index (χ1n) is 19.3. The summed E-state index contributed by atoms with van der Waals surface area (Å²) in [5, 5.41) is 5.61. The monoisotopic (exact) mass is 667 g/mol. The highest BCUT2D eigenvalue weighted by molar-refractivity contribution is 6.18. The predicted molar refractivity (Wildman–Crippen MR) is 213 cm³/mol. The first-order chi connectivity index (χ1) is 25.9. The Labute approximate surface area is 302 Å². The van der Waals surface area contributed by atoms with Crippen LogP contribution in [0, 0.1) is 13.8 Å². The van der Waals surface area contributed by atoms with Gasteiger partial charge in [-0.05, 0) is 94.7 Å². The average molecular weight is 668 g/mol. The number of benzene rings is 6. The molecule has 0 aliphatic heterocycles. The maximum Gasteiger partial charge on any atom is 0.300 e. The summed E-state index contributed by atoms with van der Waals surface area (Å²) in [7, 11) is 2.09. The fourth-order valence-electron chi connectivity index (χ4n) is 8.15. The summed E-state index contributed by atoms with van der Waals surface area (Å²) in [6, 6.07) is 40.4. The first kappa shape index (κ1) is 28.0. The highest BCUT2D eigenvalue weighted by Gasteiger charge is 2.35. The summed E-state index contributed by atoms with van der Waals surface area (Å²) in [5.41, 5.74) is 10.6. The first-order valence-corrected chi connectivity index (χ1v) is 17.8. The van der Waals surface area contributed by atoms with Gasteiger partial charge < -0.3 is 4.42 Å². The topological polar surface area (TPSA) is 34.8 Å². The van der Waals surface area contributed by atoms with Gasteiger partial charge >= 0.3 is 5.82 Å². The molecule has 51 heavy (non-hydrogen) atoms. The van der Waals surface area contributed by atoms with Crippen molar-refractivity contribution in [3.8, 4) is 28.2 Å². The van der Waals surface area contributed by atoms with Crippen LogP contribution in [0.15, 0.2) is 120 Å². The number of fused-ring (bicyclic) bond motifs is 7. The van der Waals surface area contributed by atoms with Crippen LogP contribution in [-0.2, 0) is 7.05 Å². The molecule has 4 nitrogen and oxygen atoms in total. The Balaban J connectivity index is 1.45. The van der Waals surface area contributed by atoms with Crippen molar-refractivity contribution in [3.63, 3.8) is 0 Å². The van der Waals surface area contributed by atoms with Crippen molar-refractivity contribution >= 4 is 54.5 Å². The summed E-state index contributed by atoms with van der Waals surface area (Å²) < 4.78 is 37.6. The van der Waals surface area contributed by atoms with E-state index in [0.717, 1.165) is 55.0 Å². The van der Waals surface area contributed by atoms with Gasteiger partial charge in [0.15, 0.2) is 16.6 Å². The Kier molecular flexibility index (Phi) is 6.41. The second-order valence-electron chi connectivity index (χ2n) is 14.5. The van der Waals surface area contributed by atoms with Crippen molar-refractivity contribution in [2.45, 2.75) is 53.3 Å². The zero-order valence-corrected chi connectivity index (χ0v) is 29.9. The molecular weight excluding hydrogens is 623 g/mol. The number of furan rings is 1. The number of para-hydroxylation sites is 2. The highest BCUT2D eigenvalue weighted by Crippen LogP contribution is 2.44. The number of aromatic nitrogens is 3. The van der Waals surface area contributed by atoms with Gasteiger partial charge in [0.05, 0.1) is 18.1 Å². The van der Waals surface area contributed by atoms with E-state index in [0.29, 0.717) is 22.2 Å². The van der Waals surface area contributed by atoms with E-state index in [1.165, 1.54) is 22.3 Å². The third kappa shape index (κ3) is 4.73. The summed E-state index contributed by atoms with van der Waals surface area (Å²) in [6.45, 7) is 8.47. The Morgan fingerprint density at radius 1 is 0.686 bits per heavy atom. The van der Waals surface area contributed by atoms with Gasteiger partial charge in [0, 0.05) is 26.3 Å². The van der Waals surface area contributed by atoms with Gasteiger partial charge in [-0.15, -0.1) is 0 Å². The summed E-state index contributed by atoms with van der Waals surface area (Å²) >= 11 is 0. The molecule has 0 aliphatic carbocycles. The van der Waals surface area contributed by atoms with Gasteiger partial charge in [-0.3, -0.25) is 4.98 Å².